The van der Waals surface area contributed by atoms with Crippen LogP contribution in [-0.2, 0) is 29.7 Å². The molecule has 3 heterocycles. The Morgan fingerprint density at radius 3 is 2.58 bits per heavy atom. The van der Waals surface area contributed by atoms with Gasteiger partial charge in [-0.2, -0.15) is 0 Å². The van der Waals surface area contributed by atoms with Gasteiger partial charge in [0.25, 0.3) is 5.56 Å². The predicted octanol–water partition coefficient (Wildman–Crippen LogP) is 1.58. The summed E-state index contributed by atoms with van der Waals surface area (Å²) in [7, 11) is 4.86. The third-order valence-electron chi connectivity index (χ3n) is 5.46. The number of anilines is 1. The molecule has 33 heavy (non-hydrogen) atoms. The average molecular weight is 448 g/mol. The quantitative estimate of drug-likeness (QED) is 0.528. The molecular formula is C24H24N4O5. The van der Waals surface area contributed by atoms with Crippen molar-refractivity contribution in [1.29, 1.82) is 0 Å². The zero-order valence-corrected chi connectivity index (χ0v) is 18.6. The van der Waals surface area contributed by atoms with Crippen molar-refractivity contribution < 1.29 is 14.3 Å². The summed E-state index contributed by atoms with van der Waals surface area (Å²) < 4.78 is 13.1. The number of carbonyl (C=O) groups is 1. The number of likely N-dealkylation sites (N-methyl/N-ethyl adjacent to an activating group) is 1. The molecule has 1 aliphatic heterocycles. The van der Waals surface area contributed by atoms with E-state index in [0.29, 0.717) is 17.3 Å². The Kier molecular flexibility index (Phi) is 6.12. The first kappa shape index (κ1) is 22.1. The molecule has 0 amide bonds. The number of rotatable bonds is 6. The molecule has 0 bridgehead atoms. The number of benzene rings is 1. The number of methoxy groups -OCH3 is 1. The van der Waals surface area contributed by atoms with Crippen LogP contribution in [0.25, 0.3) is 6.08 Å². The minimum atomic E-state index is -0.536. The molecule has 0 N–H and O–H groups in total. The number of fused-ring (bicyclic) bond motifs is 1. The van der Waals surface area contributed by atoms with Gasteiger partial charge < -0.3 is 14.4 Å². The molecule has 0 fully saturated rings. The fourth-order valence-corrected chi connectivity index (χ4v) is 3.84. The fourth-order valence-electron chi connectivity index (χ4n) is 3.84. The fraction of sp³-hybridized carbons (Fsp3) is 0.250. The van der Waals surface area contributed by atoms with Crippen molar-refractivity contribution in [3.63, 3.8) is 0 Å². The van der Waals surface area contributed by atoms with Gasteiger partial charge in [-0.15, -0.1) is 0 Å². The molecule has 0 aliphatic carbocycles. The smallest absolute Gasteiger partial charge is 0.336 e. The lowest BCUT2D eigenvalue weighted by atomic mass is 10.1. The van der Waals surface area contributed by atoms with E-state index in [1.807, 2.05) is 30.3 Å². The molecule has 1 aromatic carbocycles. The van der Waals surface area contributed by atoms with Gasteiger partial charge in [-0.1, -0.05) is 30.3 Å². The van der Waals surface area contributed by atoms with Crippen LogP contribution in [0.4, 0.5) is 5.82 Å². The van der Waals surface area contributed by atoms with Crippen molar-refractivity contribution in [3.8, 4) is 5.88 Å². The molecule has 170 valence electrons. The number of pyridine rings is 1. The number of nitrogens with zero attached hydrogens (tertiary/aromatic N) is 4. The second kappa shape index (κ2) is 9.15. The molecule has 0 atom stereocenters. The first-order valence-electron chi connectivity index (χ1n) is 10.3. The lowest BCUT2D eigenvalue weighted by molar-refractivity contribution is -0.140. The molecule has 0 unspecified atom stereocenters. The summed E-state index contributed by atoms with van der Waals surface area (Å²) in [5.74, 6) is 0.352. The van der Waals surface area contributed by atoms with E-state index in [1.165, 1.54) is 22.3 Å². The highest BCUT2D eigenvalue weighted by Gasteiger charge is 2.27. The normalized spacial score (nSPS) is 12.7. The van der Waals surface area contributed by atoms with Crippen LogP contribution < -0.4 is 20.9 Å². The molecule has 1 aliphatic rings. The zero-order valence-electron chi connectivity index (χ0n) is 18.6. The molecular weight excluding hydrogens is 424 g/mol. The number of hydrogen-bond donors (Lipinski definition) is 0. The number of carbonyl (C=O) groups excluding carboxylic acids is 1. The van der Waals surface area contributed by atoms with Crippen LogP contribution in [-0.4, -0.2) is 40.8 Å². The van der Waals surface area contributed by atoms with E-state index in [4.69, 9.17) is 9.47 Å². The summed E-state index contributed by atoms with van der Waals surface area (Å²) in [5, 5.41) is 0. The number of esters is 1. The Bertz CT molecular complexity index is 1340. The lowest BCUT2D eigenvalue weighted by Crippen LogP contribution is -2.45. The van der Waals surface area contributed by atoms with Gasteiger partial charge in [-0.3, -0.25) is 13.9 Å². The van der Waals surface area contributed by atoms with Crippen LogP contribution in [0.15, 0.2) is 63.8 Å². The minimum absolute atomic E-state index is 0.0388. The van der Waals surface area contributed by atoms with Crippen LogP contribution in [0, 0.1) is 0 Å². The van der Waals surface area contributed by atoms with Gasteiger partial charge in [0.1, 0.15) is 12.4 Å². The first-order valence-corrected chi connectivity index (χ1v) is 10.3. The van der Waals surface area contributed by atoms with E-state index in [2.05, 4.69) is 4.98 Å². The highest BCUT2D eigenvalue weighted by molar-refractivity contribution is 5.97. The SMILES string of the molecule is COc1cc(COC(=O)C2=Cc3c(n(C)c(=O)n(Cc4ccccc4)c3=O)N(C)C2)ccn1. The highest BCUT2D eigenvalue weighted by Crippen LogP contribution is 2.24. The Balaban J connectivity index is 1.65. The van der Waals surface area contributed by atoms with Crippen LogP contribution in [0.2, 0.25) is 0 Å². The van der Waals surface area contributed by atoms with Crippen molar-refractivity contribution >= 4 is 17.9 Å². The second-order valence-corrected chi connectivity index (χ2v) is 7.76. The number of aromatic nitrogens is 3. The molecule has 0 spiro atoms. The van der Waals surface area contributed by atoms with Gasteiger partial charge in [-0.05, 0) is 23.3 Å². The Morgan fingerprint density at radius 1 is 1.09 bits per heavy atom. The predicted molar refractivity (Wildman–Crippen MR) is 123 cm³/mol. The maximum Gasteiger partial charge on any atom is 0.336 e. The van der Waals surface area contributed by atoms with Crippen LogP contribution in [0.3, 0.4) is 0 Å². The van der Waals surface area contributed by atoms with Gasteiger partial charge in [0, 0.05) is 26.4 Å². The average Bonchev–Trinajstić information content (AvgIpc) is 2.84. The van der Waals surface area contributed by atoms with Gasteiger partial charge in [0.2, 0.25) is 5.88 Å². The summed E-state index contributed by atoms with van der Waals surface area (Å²) >= 11 is 0. The van der Waals surface area contributed by atoms with Gasteiger partial charge in [-0.25, -0.2) is 14.6 Å². The molecule has 2 aromatic heterocycles. The van der Waals surface area contributed by atoms with Crippen molar-refractivity contribution in [2.45, 2.75) is 13.2 Å². The third kappa shape index (κ3) is 4.43. The van der Waals surface area contributed by atoms with E-state index < -0.39 is 17.2 Å². The van der Waals surface area contributed by atoms with E-state index in [1.54, 1.807) is 37.3 Å². The topological polar surface area (TPSA) is 95.7 Å². The summed E-state index contributed by atoms with van der Waals surface area (Å²) in [4.78, 5) is 44.7. The zero-order chi connectivity index (χ0) is 23.5. The molecule has 9 nitrogen and oxygen atoms in total. The van der Waals surface area contributed by atoms with Gasteiger partial charge in [0.15, 0.2) is 0 Å². The highest BCUT2D eigenvalue weighted by atomic mass is 16.5. The maximum atomic E-state index is 13.3. The summed E-state index contributed by atoms with van der Waals surface area (Å²) in [6, 6.07) is 12.7. The van der Waals surface area contributed by atoms with E-state index >= 15 is 0 Å². The summed E-state index contributed by atoms with van der Waals surface area (Å²) in [6.45, 7) is 0.388. The molecule has 3 aromatic rings. The van der Waals surface area contributed by atoms with Crippen LogP contribution >= 0.6 is 0 Å². The Hall–Kier alpha value is -4.14. The van der Waals surface area contributed by atoms with E-state index in [-0.39, 0.29) is 25.3 Å². The van der Waals surface area contributed by atoms with Crippen molar-refractivity contribution in [3.05, 3.63) is 91.8 Å². The Labute approximate surface area is 190 Å². The van der Waals surface area contributed by atoms with Crippen LogP contribution in [0.1, 0.15) is 16.7 Å². The van der Waals surface area contributed by atoms with E-state index in [9.17, 15) is 14.4 Å². The standard InChI is InChI=1S/C24H24N4O5/c1-26-14-18(23(30)33-15-17-9-10-25-20(11-17)32-3)12-19-21(26)27(2)24(31)28(22(19)29)13-16-7-5-4-6-8-16/h4-12H,13-15H2,1-3H3. The van der Waals surface area contributed by atoms with Crippen LogP contribution in [0.5, 0.6) is 5.88 Å². The molecule has 0 saturated heterocycles. The lowest BCUT2D eigenvalue weighted by Gasteiger charge is -2.28. The van der Waals surface area contributed by atoms with Crippen molar-refractivity contribution in [1.82, 2.24) is 14.1 Å². The van der Waals surface area contributed by atoms with Gasteiger partial charge >= 0.3 is 11.7 Å². The van der Waals surface area contributed by atoms with E-state index in [0.717, 1.165) is 11.1 Å². The first-order chi connectivity index (χ1) is 15.9. The second-order valence-electron chi connectivity index (χ2n) is 7.76. The van der Waals surface area contributed by atoms with Crippen molar-refractivity contribution in [2.75, 3.05) is 25.6 Å². The minimum Gasteiger partial charge on any atom is -0.481 e. The number of ether oxygens (including phenoxy) is 2. The summed E-state index contributed by atoms with van der Waals surface area (Å²) in [5.41, 5.74) is 1.30. The summed E-state index contributed by atoms with van der Waals surface area (Å²) in [6.07, 6.45) is 3.09. The largest absolute Gasteiger partial charge is 0.481 e. The number of hydrogen-bond acceptors (Lipinski definition) is 7. The third-order valence-corrected chi connectivity index (χ3v) is 5.46. The molecule has 0 radical (unpaired) electrons. The Morgan fingerprint density at radius 2 is 1.85 bits per heavy atom. The van der Waals surface area contributed by atoms with Crippen molar-refractivity contribution in [2.24, 2.45) is 7.05 Å². The monoisotopic (exact) mass is 448 g/mol. The molecule has 4 rings (SSSR count). The molecule has 0 saturated carbocycles. The van der Waals surface area contributed by atoms with Gasteiger partial charge in [0.05, 0.1) is 31.3 Å². The molecule has 9 heteroatoms. The maximum absolute atomic E-state index is 13.3.